The molecule has 1 aliphatic heterocycles. The number of hydrogen-bond donors (Lipinski definition) is 1. The van der Waals surface area contributed by atoms with Crippen LogP contribution in [0, 0.1) is 0 Å². The van der Waals surface area contributed by atoms with Crippen LogP contribution in [0.3, 0.4) is 0 Å². The summed E-state index contributed by atoms with van der Waals surface area (Å²) in [6.07, 6.45) is 7.97. The molecule has 0 unspecified atom stereocenters. The lowest BCUT2D eigenvalue weighted by Gasteiger charge is -2.33. The zero-order chi connectivity index (χ0) is 30.5. The Balaban J connectivity index is 1.58. The Morgan fingerprint density at radius 3 is 2.58 bits per heavy atom. The monoisotopic (exact) mass is 603 g/mol. The first-order chi connectivity index (χ1) is 20.8. The second-order valence-electron chi connectivity index (χ2n) is 10.5. The standard InChI is InChI=1S/C31H34ClN7O4/c1-37(2)13-7-9-27(40)38-14-10-21(11-15-38)39-29-20(19-34-31(36-29)35-26-8-5-6-12-33-26)16-24(30(39)41)23-17-22(42-3)18-25(43-4)28(23)32/h5-9,12,16-19,21H,10-11,13-15H2,1-4H3,(H,33,34,35,36)/b9-7+. The van der Waals surface area contributed by atoms with Crippen LogP contribution >= 0.6 is 11.6 Å². The molecule has 1 aromatic carbocycles. The number of fused-ring (bicyclic) bond motifs is 1. The molecule has 224 valence electrons. The van der Waals surface area contributed by atoms with Crippen LogP contribution in [0.1, 0.15) is 18.9 Å². The number of benzene rings is 1. The number of anilines is 2. The average molecular weight is 604 g/mol. The summed E-state index contributed by atoms with van der Waals surface area (Å²) in [6, 6.07) is 10.4. The summed E-state index contributed by atoms with van der Waals surface area (Å²) in [5, 5.41) is 4.07. The number of halogens is 1. The number of nitrogens with zero attached hydrogens (tertiary/aromatic N) is 6. The van der Waals surface area contributed by atoms with E-state index in [9.17, 15) is 9.59 Å². The molecule has 12 heteroatoms. The third-order valence-electron chi connectivity index (χ3n) is 7.31. The van der Waals surface area contributed by atoms with E-state index in [1.807, 2.05) is 48.2 Å². The van der Waals surface area contributed by atoms with Crippen LogP contribution in [-0.2, 0) is 4.79 Å². The molecule has 11 nitrogen and oxygen atoms in total. The summed E-state index contributed by atoms with van der Waals surface area (Å²) in [5.74, 6) is 1.75. The van der Waals surface area contributed by atoms with Gasteiger partial charge in [-0.2, -0.15) is 4.98 Å². The molecule has 0 spiro atoms. The van der Waals surface area contributed by atoms with Crippen molar-refractivity contribution in [1.82, 2.24) is 29.3 Å². The molecule has 0 bridgehead atoms. The van der Waals surface area contributed by atoms with Crippen LogP contribution in [0.25, 0.3) is 22.2 Å². The van der Waals surface area contributed by atoms with E-state index in [4.69, 9.17) is 26.1 Å². The third kappa shape index (κ3) is 6.63. The van der Waals surface area contributed by atoms with Crippen LogP contribution in [-0.4, -0.2) is 83.2 Å². The molecule has 0 atom stereocenters. The van der Waals surface area contributed by atoms with Crippen molar-refractivity contribution in [3.8, 4) is 22.6 Å². The molecule has 1 aliphatic rings. The van der Waals surface area contributed by atoms with Crippen molar-refractivity contribution in [1.29, 1.82) is 0 Å². The number of rotatable bonds is 9. The predicted octanol–water partition coefficient (Wildman–Crippen LogP) is 4.55. The van der Waals surface area contributed by atoms with Gasteiger partial charge in [-0.1, -0.05) is 23.7 Å². The maximum atomic E-state index is 14.4. The fourth-order valence-corrected chi connectivity index (χ4v) is 5.40. The van der Waals surface area contributed by atoms with Gasteiger partial charge >= 0.3 is 0 Å². The van der Waals surface area contributed by atoms with Crippen molar-refractivity contribution in [2.24, 2.45) is 0 Å². The number of piperidine rings is 1. The van der Waals surface area contributed by atoms with Crippen molar-refractivity contribution >= 4 is 40.3 Å². The lowest BCUT2D eigenvalue weighted by atomic mass is 10.0. The van der Waals surface area contributed by atoms with Crippen molar-refractivity contribution in [3.05, 3.63) is 76.3 Å². The number of carbonyl (C=O) groups excluding carboxylic acids is 1. The van der Waals surface area contributed by atoms with Crippen molar-refractivity contribution < 1.29 is 14.3 Å². The van der Waals surface area contributed by atoms with E-state index in [-0.39, 0.29) is 17.5 Å². The fourth-order valence-electron chi connectivity index (χ4n) is 5.11. The summed E-state index contributed by atoms with van der Waals surface area (Å²) >= 11 is 6.73. The van der Waals surface area contributed by atoms with Gasteiger partial charge in [0.05, 0.1) is 19.2 Å². The van der Waals surface area contributed by atoms with E-state index < -0.39 is 0 Å². The number of aromatic nitrogens is 4. The van der Waals surface area contributed by atoms with Gasteiger partial charge in [-0.15, -0.1) is 0 Å². The molecule has 3 aromatic heterocycles. The topological polar surface area (TPSA) is 115 Å². The zero-order valence-electron chi connectivity index (χ0n) is 24.6. The highest BCUT2D eigenvalue weighted by Crippen LogP contribution is 2.39. The van der Waals surface area contributed by atoms with Gasteiger partial charge in [0, 0.05) is 66.7 Å². The number of methoxy groups -OCH3 is 2. The number of amides is 1. The molecule has 0 saturated carbocycles. The molecule has 1 fully saturated rings. The highest BCUT2D eigenvalue weighted by Gasteiger charge is 2.27. The normalized spacial score (nSPS) is 14.0. The van der Waals surface area contributed by atoms with Crippen LogP contribution < -0.4 is 20.3 Å². The van der Waals surface area contributed by atoms with Gasteiger partial charge in [0.1, 0.15) is 23.0 Å². The molecule has 1 N–H and O–H groups in total. The number of carbonyl (C=O) groups is 1. The van der Waals surface area contributed by atoms with Gasteiger partial charge in [-0.3, -0.25) is 14.2 Å². The van der Waals surface area contributed by atoms with Gasteiger partial charge in [-0.25, -0.2) is 9.97 Å². The lowest BCUT2D eigenvalue weighted by molar-refractivity contribution is -0.127. The van der Waals surface area contributed by atoms with Gasteiger partial charge in [0.15, 0.2) is 0 Å². The molecule has 0 radical (unpaired) electrons. The second-order valence-corrected chi connectivity index (χ2v) is 10.8. The van der Waals surface area contributed by atoms with Crippen LogP contribution in [0.4, 0.5) is 11.8 Å². The molecular formula is C31H34ClN7O4. The number of ether oxygens (including phenoxy) is 2. The highest BCUT2D eigenvalue weighted by molar-refractivity contribution is 6.35. The highest BCUT2D eigenvalue weighted by atomic mass is 35.5. The molecule has 1 saturated heterocycles. The van der Waals surface area contributed by atoms with Crippen molar-refractivity contribution in [2.75, 3.05) is 53.3 Å². The molecule has 5 rings (SSSR count). The first-order valence-corrected chi connectivity index (χ1v) is 14.3. The van der Waals surface area contributed by atoms with Crippen LogP contribution in [0.2, 0.25) is 5.02 Å². The SMILES string of the molecule is COc1cc(OC)c(Cl)c(-c2cc3cnc(Nc4ccccn4)nc3n(C3CCN(C(=O)/C=C/CN(C)C)CC3)c2=O)c1. The fraction of sp³-hybridized carbons (Fsp3) is 0.323. The third-order valence-corrected chi connectivity index (χ3v) is 7.70. The summed E-state index contributed by atoms with van der Waals surface area (Å²) < 4.78 is 12.6. The smallest absolute Gasteiger partial charge is 0.260 e. The average Bonchev–Trinajstić information content (AvgIpc) is 3.01. The van der Waals surface area contributed by atoms with E-state index in [0.29, 0.717) is 82.9 Å². The summed E-state index contributed by atoms with van der Waals surface area (Å²) in [5.41, 5.74) is 1.06. The Morgan fingerprint density at radius 2 is 1.91 bits per heavy atom. The maximum Gasteiger partial charge on any atom is 0.260 e. The minimum absolute atomic E-state index is 0.0364. The molecule has 1 amide bonds. The number of nitrogens with one attached hydrogen (secondary N) is 1. The quantitative estimate of drug-likeness (QED) is 0.275. The van der Waals surface area contributed by atoms with E-state index in [0.717, 1.165) is 0 Å². The molecule has 43 heavy (non-hydrogen) atoms. The first-order valence-electron chi connectivity index (χ1n) is 13.9. The van der Waals surface area contributed by atoms with Gasteiger partial charge in [0.2, 0.25) is 11.9 Å². The number of pyridine rings is 2. The summed E-state index contributed by atoms with van der Waals surface area (Å²) in [6.45, 7) is 1.69. The number of likely N-dealkylation sites (tertiary alicyclic amines) is 1. The minimum atomic E-state index is -0.261. The van der Waals surface area contributed by atoms with E-state index in [1.54, 1.807) is 48.3 Å². The Hall–Kier alpha value is -4.48. The van der Waals surface area contributed by atoms with Crippen molar-refractivity contribution in [2.45, 2.75) is 18.9 Å². The lowest BCUT2D eigenvalue weighted by Crippen LogP contribution is -2.40. The number of hydrogen-bond acceptors (Lipinski definition) is 9. The van der Waals surface area contributed by atoms with Gasteiger partial charge < -0.3 is 24.6 Å². The second kappa shape index (κ2) is 13.2. The van der Waals surface area contributed by atoms with E-state index >= 15 is 0 Å². The first kappa shape index (κ1) is 30.0. The number of likely N-dealkylation sites (N-methyl/N-ethyl adjacent to an activating group) is 1. The van der Waals surface area contributed by atoms with Crippen LogP contribution in [0.15, 0.2) is 65.7 Å². The molecule has 4 aromatic rings. The van der Waals surface area contributed by atoms with E-state index in [2.05, 4.69) is 15.3 Å². The maximum absolute atomic E-state index is 14.4. The van der Waals surface area contributed by atoms with Gasteiger partial charge in [-0.05, 0) is 51.2 Å². The predicted molar refractivity (Wildman–Crippen MR) is 167 cm³/mol. The summed E-state index contributed by atoms with van der Waals surface area (Å²) in [7, 11) is 6.95. The molecule has 4 heterocycles. The minimum Gasteiger partial charge on any atom is -0.497 e. The van der Waals surface area contributed by atoms with Crippen LogP contribution in [0.5, 0.6) is 11.5 Å². The largest absolute Gasteiger partial charge is 0.497 e. The zero-order valence-corrected chi connectivity index (χ0v) is 25.3. The molecule has 0 aliphatic carbocycles. The Morgan fingerprint density at radius 1 is 1.12 bits per heavy atom. The Bertz CT molecular complexity index is 1700. The summed E-state index contributed by atoms with van der Waals surface area (Å²) in [4.78, 5) is 44.5. The van der Waals surface area contributed by atoms with E-state index in [1.165, 1.54) is 7.11 Å². The van der Waals surface area contributed by atoms with Gasteiger partial charge in [0.25, 0.3) is 5.56 Å². The Kier molecular flexibility index (Phi) is 9.22. The van der Waals surface area contributed by atoms with Crippen molar-refractivity contribution in [3.63, 3.8) is 0 Å². The molecular weight excluding hydrogens is 570 g/mol. The Labute approximate surface area is 254 Å².